The molecule has 5 heteroatoms. The molecule has 0 bridgehead atoms. The van der Waals surface area contributed by atoms with E-state index in [1.165, 1.54) is 17.0 Å². The summed E-state index contributed by atoms with van der Waals surface area (Å²) in [6, 6.07) is 5.21. The van der Waals surface area contributed by atoms with Crippen molar-refractivity contribution >= 4 is 11.8 Å². The van der Waals surface area contributed by atoms with Crippen molar-refractivity contribution in [1.29, 1.82) is 0 Å². The summed E-state index contributed by atoms with van der Waals surface area (Å²) in [6.45, 7) is 3.54. The van der Waals surface area contributed by atoms with Gasteiger partial charge in [0.15, 0.2) is 0 Å². The Hall–Kier alpha value is -1.91. The fourth-order valence-corrected chi connectivity index (χ4v) is 2.20. The van der Waals surface area contributed by atoms with Gasteiger partial charge in [-0.25, -0.2) is 4.39 Å². The summed E-state index contributed by atoms with van der Waals surface area (Å²) < 4.78 is 12.9. The van der Waals surface area contributed by atoms with Gasteiger partial charge in [-0.05, 0) is 31.5 Å². The Balaban J connectivity index is 2.26. The van der Waals surface area contributed by atoms with Crippen molar-refractivity contribution in [2.45, 2.75) is 25.9 Å². The van der Waals surface area contributed by atoms with Gasteiger partial charge in [0, 0.05) is 0 Å². The lowest BCUT2D eigenvalue weighted by Gasteiger charge is -2.37. The first kappa shape index (κ1) is 12.5. The Morgan fingerprint density at radius 3 is 2.56 bits per heavy atom. The maximum Gasteiger partial charge on any atom is 0.243 e. The molecule has 0 aliphatic carbocycles. The van der Waals surface area contributed by atoms with Crippen molar-refractivity contribution in [1.82, 2.24) is 10.2 Å². The maximum atomic E-state index is 12.9. The topological polar surface area (TPSA) is 49.4 Å². The van der Waals surface area contributed by atoms with E-state index < -0.39 is 6.04 Å². The normalized spacial score (nSPS) is 21.7. The number of benzene rings is 1. The van der Waals surface area contributed by atoms with Crippen molar-refractivity contribution in [3.05, 3.63) is 35.6 Å². The van der Waals surface area contributed by atoms with Crippen LogP contribution in [0.4, 0.5) is 4.39 Å². The highest BCUT2D eigenvalue weighted by Crippen LogP contribution is 2.24. The van der Waals surface area contributed by atoms with Crippen LogP contribution in [0.2, 0.25) is 0 Å². The van der Waals surface area contributed by atoms with Gasteiger partial charge in [0.1, 0.15) is 11.9 Å². The van der Waals surface area contributed by atoms with Gasteiger partial charge in [-0.3, -0.25) is 9.59 Å². The number of hydrogen-bond donors (Lipinski definition) is 1. The SMILES string of the molecule is CC1C(=O)NCC(=O)N1C(C)c1ccc(F)cc1. The lowest BCUT2D eigenvalue weighted by Crippen LogP contribution is -2.57. The number of hydrogen-bond acceptors (Lipinski definition) is 2. The fraction of sp³-hybridized carbons (Fsp3) is 0.385. The summed E-state index contributed by atoms with van der Waals surface area (Å²) in [5.41, 5.74) is 0.811. The van der Waals surface area contributed by atoms with Gasteiger partial charge >= 0.3 is 0 Å². The summed E-state index contributed by atoms with van der Waals surface area (Å²) in [5.74, 6) is -0.607. The van der Waals surface area contributed by atoms with Gasteiger partial charge in [0.2, 0.25) is 11.8 Å². The zero-order valence-corrected chi connectivity index (χ0v) is 10.3. The number of nitrogens with one attached hydrogen (secondary N) is 1. The minimum absolute atomic E-state index is 0.0225. The highest BCUT2D eigenvalue weighted by atomic mass is 19.1. The smallest absolute Gasteiger partial charge is 0.243 e. The first-order chi connectivity index (χ1) is 8.50. The van der Waals surface area contributed by atoms with Gasteiger partial charge in [0.05, 0.1) is 12.6 Å². The third-order valence-corrected chi connectivity index (χ3v) is 3.27. The number of piperazine rings is 1. The van der Waals surface area contributed by atoms with Crippen LogP contribution in [0, 0.1) is 5.82 Å². The monoisotopic (exact) mass is 250 g/mol. The second-order valence-electron chi connectivity index (χ2n) is 4.42. The summed E-state index contributed by atoms with van der Waals surface area (Å²) in [7, 11) is 0. The number of carbonyl (C=O) groups excluding carboxylic acids is 2. The van der Waals surface area contributed by atoms with Crippen molar-refractivity contribution in [2.75, 3.05) is 6.54 Å². The van der Waals surface area contributed by atoms with Gasteiger partial charge < -0.3 is 10.2 Å². The summed E-state index contributed by atoms with van der Waals surface area (Å²) in [4.78, 5) is 25.0. The predicted octanol–water partition coefficient (Wildman–Crippen LogP) is 1.23. The van der Waals surface area contributed by atoms with Crippen LogP contribution >= 0.6 is 0 Å². The Bertz CT molecular complexity index is 472. The lowest BCUT2D eigenvalue weighted by atomic mass is 10.0. The summed E-state index contributed by atoms with van der Waals surface area (Å²) in [5, 5.41) is 2.54. The molecule has 0 radical (unpaired) electrons. The fourth-order valence-electron chi connectivity index (χ4n) is 2.20. The van der Waals surface area contributed by atoms with Crippen molar-refractivity contribution in [3.8, 4) is 0 Å². The Morgan fingerprint density at radius 1 is 1.33 bits per heavy atom. The second-order valence-corrected chi connectivity index (χ2v) is 4.42. The molecular weight excluding hydrogens is 235 g/mol. The molecule has 96 valence electrons. The molecule has 0 spiro atoms. The zero-order chi connectivity index (χ0) is 13.3. The number of rotatable bonds is 2. The molecule has 1 saturated heterocycles. The van der Waals surface area contributed by atoms with Gasteiger partial charge in [-0.15, -0.1) is 0 Å². The van der Waals surface area contributed by atoms with Gasteiger partial charge in [0.25, 0.3) is 0 Å². The molecular formula is C13H15FN2O2. The third-order valence-electron chi connectivity index (χ3n) is 3.27. The van der Waals surface area contributed by atoms with E-state index in [0.29, 0.717) is 0 Å². The number of carbonyl (C=O) groups is 2. The Labute approximate surface area is 105 Å². The standard InChI is InChI=1S/C13H15FN2O2/c1-8(10-3-5-11(14)6-4-10)16-9(2)13(18)15-7-12(16)17/h3-6,8-9H,7H2,1-2H3,(H,15,18). The number of halogens is 1. The van der Waals surface area contributed by atoms with E-state index in [0.717, 1.165) is 5.56 Å². The molecule has 1 fully saturated rings. The molecule has 1 aromatic rings. The van der Waals surface area contributed by atoms with Crippen LogP contribution in [0.3, 0.4) is 0 Å². The third kappa shape index (κ3) is 2.20. The van der Waals surface area contributed by atoms with E-state index in [1.54, 1.807) is 19.1 Å². The highest BCUT2D eigenvalue weighted by molar-refractivity contribution is 5.94. The zero-order valence-electron chi connectivity index (χ0n) is 10.3. The Morgan fingerprint density at radius 2 is 1.94 bits per heavy atom. The first-order valence-electron chi connectivity index (χ1n) is 5.85. The molecule has 4 nitrogen and oxygen atoms in total. The highest BCUT2D eigenvalue weighted by Gasteiger charge is 2.34. The van der Waals surface area contributed by atoms with Crippen LogP contribution < -0.4 is 5.32 Å². The van der Waals surface area contributed by atoms with Crippen LogP contribution in [0.25, 0.3) is 0 Å². The van der Waals surface area contributed by atoms with E-state index in [4.69, 9.17) is 0 Å². The molecule has 1 N–H and O–H groups in total. The molecule has 1 aromatic carbocycles. The van der Waals surface area contributed by atoms with Crippen LogP contribution in [0.5, 0.6) is 0 Å². The quantitative estimate of drug-likeness (QED) is 0.858. The molecule has 2 unspecified atom stereocenters. The maximum absolute atomic E-state index is 12.9. The van der Waals surface area contributed by atoms with Gasteiger partial charge in [-0.1, -0.05) is 12.1 Å². The van der Waals surface area contributed by atoms with E-state index in [2.05, 4.69) is 5.32 Å². The van der Waals surface area contributed by atoms with E-state index in [-0.39, 0.29) is 30.2 Å². The first-order valence-corrected chi connectivity index (χ1v) is 5.85. The van der Waals surface area contributed by atoms with E-state index >= 15 is 0 Å². The van der Waals surface area contributed by atoms with Crippen molar-refractivity contribution < 1.29 is 14.0 Å². The average Bonchev–Trinajstić information content (AvgIpc) is 2.35. The second kappa shape index (κ2) is 4.76. The minimum atomic E-state index is -0.508. The molecule has 18 heavy (non-hydrogen) atoms. The van der Waals surface area contributed by atoms with Crippen LogP contribution in [-0.4, -0.2) is 29.3 Å². The molecule has 1 heterocycles. The van der Waals surface area contributed by atoms with Crippen LogP contribution in [0.15, 0.2) is 24.3 Å². The molecule has 2 rings (SSSR count). The molecule has 2 atom stereocenters. The lowest BCUT2D eigenvalue weighted by molar-refractivity contribution is -0.147. The van der Waals surface area contributed by atoms with E-state index in [1.807, 2.05) is 6.92 Å². The molecule has 0 aromatic heterocycles. The summed E-state index contributed by atoms with van der Waals surface area (Å²) in [6.07, 6.45) is 0. The molecule has 2 amide bonds. The largest absolute Gasteiger partial charge is 0.345 e. The summed E-state index contributed by atoms with van der Waals surface area (Å²) >= 11 is 0. The minimum Gasteiger partial charge on any atom is -0.345 e. The number of amides is 2. The average molecular weight is 250 g/mol. The molecule has 1 aliphatic heterocycles. The Kier molecular flexibility index (Phi) is 3.32. The van der Waals surface area contributed by atoms with Gasteiger partial charge in [-0.2, -0.15) is 0 Å². The predicted molar refractivity (Wildman–Crippen MR) is 64.1 cm³/mol. The van der Waals surface area contributed by atoms with Crippen molar-refractivity contribution in [2.24, 2.45) is 0 Å². The molecule has 0 saturated carbocycles. The van der Waals surface area contributed by atoms with Crippen LogP contribution in [-0.2, 0) is 9.59 Å². The van der Waals surface area contributed by atoms with Crippen molar-refractivity contribution in [3.63, 3.8) is 0 Å². The van der Waals surface area contributed by atoms with E-state index in [9.17, 15) is 14.0 Å². The van der Waals surface area contributed by atoms with Crippen LogP contribution in [0.1, 0.15) is 25.5 Å². The number of nitrogens with zero attached hydrogens (tertiary/aromatic N) is 1. The molecule has 1 aliphatic rings.